The molecular weight excluding hydrogens is 648 g/mol. The molecule has 3 aliphatic rings. The van der Waals surface area contributed by atoms with Crippen molar-refractivity contribution in [2.45, 2.75) is 96.2 Å². The smallest absolute Gasteiger partial charge is 0.409 e. The van der Waals surface area contributed by atoms with Crippen LogP contribution in [0.4, 0.5) is 10.5 Å². The first kappa shape index (κ1) is 37.2. The van der Waals surface area contributed by atoms with Gasteiger partial charge in [0.25, 0.3) is 0 Å². The number of hydrogen-bond acceptors (Lipinski definition) is 11. The number of nitrogens with zero attached hydrogens (tertiary/aromatic N) is 1. The van der Waals surface area contributed by atoms with Gasteiger partial charge in [-0.05, 0) is 31.6 Å². The predicted molar refractivity (Wildman–Crippen MR) is 174 cm³/mol. The van der Waals surface area contributed by atoms with Gasteiger partial charge in [-0.3, -0.25) is 19.7 Å². The Bertz CT molecular complexity index is 1500. The second-order valence-electron chi connectivity index (χ2n) is 13.0. The van der Waals surface area contributed by atoms with Crippen molar-refractivity contribution in [3.8, 4) is 5.75 Å². The van der Waals surface area contributed by atoms with Crippen LogP contribution in [0.5, 0.6) is 5.75 Å². The first-order chi connectivity index (χ1) is 22.4. The number of anilines is 1. The number of carbonyl (C=O) groups is 4. The van der Waals surface area contributed by atoms with E-state index in [0.717, 1.165) is 0 Å². The van der Waals surface area contributed by atoms with Crippen molar-refractivity contribution in [2.75, 3.05) is 26.2 Å². The van der Waals surface area contributed by atoms with E-state index in [-0.39, 0.29) is 29.3 Å². The largest absolute Gasteiger partial charge is 0.495 e. The number of halogens is 1. The Morgan fingerprint density at radius 3 is 2.48 bits per heavy atom. The third-order valence-corrected chi connectivity index (χ3v) is 9.52. The monoisotopic (exact) mass is 692 g/mol. The van der Waals surface area contributed by atoms with Crippen LogP contribution in [-0.2, 0) is 38.1 Å². The zero-order valence-corrected chi connectivity index (χ0v) is 29.5. The topological polar surface area (TPSA) is 162 Å². The van der Waals surface area contributed by atoms with E-state index in [1.54, 1.807) is 65.0 Å². The van der Waals surface area contributed by atoms with Gasteiger partial charge in [0.15, 0.2) is 5.72 Å². The van der Waals surface area contributed by atoms with Gasteiger partial charge in [-0.25, -0.2) is 4.79 Å². The van der Waals surface area contributed by atoms with E-state index in [9.17, 15) is 24.3 Å². The van der Waals surface area contributed by atoms with Crippen molar-refractivity contribution < 1.29 is 52.7 Å². The van der Waals surface area contributed by atoms with Crippen LogP contribution in [-0.4, -0.2) is 86.1 Å². The molecule has 0 aliphatic carbocycles. The number of alkyl carbamates (subject to hydrolysis) is 1. The number of aliphatic hydroxyl groups is 1. The number of hydrogen-bond donors (Lipinski definition) is 2. The van der Waals surface area contributed by atoms with Gasteiger partial charge in [0.1, 0.15) is 40.8 Å². The zero-order chi connectivity index (χ0) is 35.7. The van der Waals surface area contributed by atoms with Crippen molar-refractivity contribution in [1.82, 2.24) is 5.32 Å². The van der Waals surface area contributed by atoms with E-state index in [1.165, 1.54) is 33.1 Å². The molecular formula is C34H45ClN2O11. The number of carbonyl (C=O) groups excluding carboxylic acids is 4. The SMILES string of the molecule is COc1cc2cc(c1Cl)N(C)C(=O)C[C@@H](OC(=O)C(C)C)[C@]1(C)O[C@H]1[C@H](C)[C@@H]1C[C@@](O)(NC(=O)O1)[C@H](OC)/C=C/C=C(\C)C2OC(C)=O. The summed E-state index contributed by atoms with van der Waals surface area (Å²) in [5.41, 5.74) is -1.71. The molecule has 2 N–H and O–H groups in total. The van der Waals surface area contributed by atoms with Gasteiger partial charge >= 0.3 is 18.0 Å². The summed E-state index contributed by atoms with van der Waals surface area (Å²) < 4.78 is 34.5. The zero-order valence-electron chi connectivity index (χ0n) is 28.7. The lowest BCUT2D eigenvalue weighted by Crippen LogP contribution is -2.63. The summed E-state index contributed by atoms with van der Waals surface area (Å²) in [4.78, 5) is 53.2. The summed E-state index contributed by atoms with van der Waals surface area (Å²) in [6.07, 6.45) is -0.776. The second-order valence-corrected chi connectivity index (χ2v) is 13.4. The first-order valence-electron chi connectivity index (χ1n) is 15.7. The van der Waals surface area contributed by atoms with Crippen molar-refractivity contribution in [3.05, 3.63) is 46.5 Å². The van der Waals surface area contributed by atoms with Crippen LogP contribution in [0.3, 0.4) is 0 Å². The standard InChI is InChI=1S/C34H45ClN2O11/c1-17(2)31(40)47-26-15-27(39)37(7)22-13-21(14-23(43-8)28(22)35)29(45-20(5)38)18(3)11-10-12-25(44-9)34(42)16-24(46-32(41)36-34)19(4)30-33(26,6)48-30/h10-14,17,19,24-26,29-30,42H,15-16H2,1-9H3,(H,36,41)/b12-10+,18-11+/t19-,24+,25-,26-,29?,30+,33+,34+/m1/s1. The molecule has 0 saturated carbocycles. The molecule has 2 saturated heterocycles. The minimum atomic E-state index is -1.87. The highest BCUT2D eigenvalue weighted by molar-refractivity contribution is 6.35. The molecule has 8 atom stereocenters. The average Bonchev–Trinajstić information content (AvgIpc) is 3.71. The molecule has 0 radical (unpaired) electrons. The van der Waals surface area contributed by atoms with E-state index in [4.69, 9.17) is 40.0 Å². The van der Waals surface area contributed by atoms with Crippen molar-refractivity contribution in [1.29, 1.82) is 0 Å². The number of amides is 2. The number of rotatable bonds is 5. The van der Waals surface area contributed by atoms with Crippen LogP contribution in [0, 0.1) is 11.8 Å². The second kappa shape index (κ2) is 14.5. The summed E-state index contributed by atoms with van der Waals surface area (Å²) >= 11 is 6.73. The highest BCUT2D eigenvalue weighted by atomic mass is 35.5. The van der Waals surface area contributed by atoms with Crippen LogP contribution in [0.1, 0.15) is 66.1 Å². The molecule has 4 bridgehead atoms. The van der Waals surface area contributed by atoms with Gasteiger partial charge in [0.2, 0.25) is 5.91 Å². The normalized spacial score (nSPS) is 34.2. The maximum Gasteiger partial charge on any atom is 0.409 e. The first-order valence-corrected chi connectivity index (χ1v) is 16.1. The van der Waals surface area contributed by atoms with Crippen LogP contribution in [0.2, 0.25) is 5.02 Å². The van der Waals surface area contributed by atoms with E-state index in [2.05, 4.69) is 5.32 Å². The fourth-order valence-corrected chi connectivity index (χ4v) is 6.49. The lowest BCUT2D eigenvalue weighted by Gasteiger charge is -2.42. The molecule has 4 rings (SSSR count). The van der Waals surface area contributed by atoms with Crippen LogP contribution in [0.25, 0.3) is 0 Å². The van der Waals surface area contributed by atoms with Gasteiger partial charge < -0.3 is 38.4 Å². The Labute approximate surface area is 285 Å². The third-order valence-electron chi connectivity index (χ3n) is 9.14. The highest BCUT2D eigenvalue weighted by Gasteiger charge is 2.64. The molecule has 3 heterocycles. The molecule has 264 valence electrons. The molecule has 1 aromatic carbocycles. The number of ether oxygens (including phenoxy) is 6. The third kappa shape index (κ3) is 7.64. The van der Waals surface area contributed by atoms with E-state index < -0.39 is 77.6 Å². The fraction of sp³-hybridized carbons (Fsp3) is 0.588. The summed E-state index contributed by atoms with van der Waals surface area (Å²) in [5, 5.41) is 14.3. The van der Waals surface area contributed by atoms with Gasteiger partial charge in [0.05, 0.1) is 31.2 Å². The van der Waals surface area contributed by atoms with Gasteiger partial charge in [-0.15, -0.1) is 0 Å². The summed E-state index contributed by atoms with van der Waals surface area (Å²) in [6.45, 7) is 9.90. The predicted octanol–water partition coefficient (Wildman–Crippen LogP) is 4.39. The molecule has 13 nitrogen and oxygen atoms in total. The molecule has 2 fully saturated rings. The molecule has 0 aromatic heterocycles. The van der Waals surface area contributed by atoms with E-state index in [0.29, 0.717) is 11.1 Å². The average molecular weight is 693 g/mol. The minimum absolute atomic E-state index is 0.0697. The maximum absolute atomic E-state index is 14.0. The number of allylic oxidation sites excluding steroid dienone is 2. The summed E-state index contributed by atoms with van der Waals surface area (Å²) in [6, 6.07) is 3.23. The molecule has 0 spiro atoms. The lowest BCUT2D eigenvalue weighted by atomic mass is 9.83. The van der Waals surface area contributed by atoms with Crippen molar-refractivity contribution in [2.24, 2.45) is 11.8 Å². The molecule has 1 unspecified atom stereocenters. The number of methoxy groups -OCH3 is 2. The number of nitrogens with one attached hydrogen (secondary N) is 1. The summed E-state index contributed by atoms with van der Waals surface area (Å²) in [7, 11) is 4.34. The van der Waals surface area contributed by atoms with Crippen molar-refractivity contribution in [3.63, 3.8) is 0 Å². The van der Waals surface area contributed by atoms with Gasteiger partial charge in [-0.2, -0.15) is 0 Å². The Balaban J connectivity index is 1.88. The van der Waals surface area contributed by atoms with E-state index >= 15 is 0 Å². The molecule has 3 aliphatic heterocycles. The van der Waals surface area contributed by atoms with Gasteiger partial charge in [0, 0.05) is 39.0 Å². The quantitative estimate of drug-likeness (QED) is 0.256. The molecule has 48 heavy (non-hydrogen) atoms. The fourth-order valence-electron chi connectivity index (χ4n) is 6.18. The number of esters is 2. The molecule has 1 aromatic rings. The Hall–Kier alpha value is -3.65. The minimum Gasteiger partial charge on any atom is -0.495 e. The molecule has 2 amide bonds. The summed E-state index contributed by atoms with van der Waals surface area (Å²) in [5.74, 6) is -2.30. The van der Waals surface area contributed by atoms with Crippen molar-refractivity contribution >= 4 is 41.2 Å². The number of epoxide rings is 1. The Morgan fingerprint density at radius 2 is 1.88 bits per heavy atom. The Kier molecular flexibility index (Phi) is 11.2. The van der Waals surface area contributed by atoms with Crippen LogP contribution >= 0.6 is 11.6 Å². The highest BCUT2D eigenvalue weighted by Crippen LogP contribution is 2.49. The Morgan fingerprint density at radius 1 is 1.19 bits per heavy atom. The maximum atomic E-state index is 14.0. The lowest BCUT2D eigenvalue weighted by molar-refractivity contribution is -0.157. The van der Waals surface area contributed by atoms with Gasteiger partial charge in [-0.1, -0.05) is 50.6 Å². The number of benzene rings is 1. The number of fused-ring (bicyclic) bond motifs is 5. The van der Waals surface area contributed by atoms with E-state index in [1.807, 2.05) is 0 Å². The molecule has 14 heteroatoms. The van der Waals surface area contributed by atoms with Crippen LogP contribution < -0.4 is 15.0 Å². The van der Waals surface area contributed by atoms with Crippen LogP contribution in [0.15, 0.2) is 35.9 Å².